The third-order valence-electron chi connectivity index (χ3n) is 5.26. The summed E-state index contributed by atoms with van der Waals surface area (Å²) in [7, 11) is 0. The fourth-order valence-corrected chi connectivity index (χ4v) is 3.71. The smallest absolute Gasteiger partial charge is 0.133 e. The van der Waals surface area contributed by atoms with Gasteiger partial charge in [0.2, 0.25) is 0 Å². The number of morpholine rings is 1. The summed E-state index contributed by atoms with van der Waals surface area (Å²) < 4.78 is 5.43. The Balaban J connectivity index is 1.50. The molecule has 0 aliphatic carbocycles. The Morgan fingerprint density at radius 2 is 1.87 bits per heavy atom. The molecule has 0 radical (unpaired) electrons. The number of anilines is 2. The zero-order chi connectivity index (χ0) is 21.6. The Kier molecular flexibility index (Phi) is 6.44. The van der Waals surface area contributed by atoms with Gasteiger partial charge in [-0.2, -0.15) is 5.26 Å². The van der Waals surface area contributed by atoms with E-state index in [1.54, 1.807) is 6.20 Å². The Bertz CT molecular complexity index is 1070. The lowest BCUT2D eigenvalue weighted by Crippen LogP contribution is -2.36. The quantitative estimate of drug-likeness (QED) is 0.651. The minimum atomic E-state index is 0.262. The lowest BCUT2D eigenvalue weighted by molar-refractivity contribution is 0.122. The SMILES string of the molecule is CC(C)Nc1ccc(-c2ccnc(Cc3ccc(N4CCOCC4)cc3)n2)cc1C#N. The van der Waals surface area contributed by atoms with Crippen molar-refractivity contribution >= 4 is 11.4 Å². The number of nitrogens with zero attached hydrogens (tertiary/aromatic N) is 4. The molecule has 1 saturated heterocycles. The third kappa shape index (κ3) is 5.19. The van der Waals surface area contributed by atoms with Crippen molar-refractivity contribution in [2.24, 2.45) is 0 Å². The second-order valence-electron chi connectivity index (χ2n) is 7.97. The summed E-state index contributed by atoms with van der Waals surface area (Å²) in [5, 5.41) is 12.8. The zero-order valence-electron chi connectivity index (χ0n) is 18.0. The fraction of sp³-hybridized carbons (Fsp3) is 0.320. The Hall–Kier alpha value is -3.43. The lowest BCUT2D eigenvalue weighted by atomic mass is 10.1. The van der Waals surface area contributed by atoms with Crippen LogP contribution in [0, 0.1) is 11.3 Å². The number of hydrogen-bond donors (Lipinski definition) is 1. The molecule has 1 N–H and O–H groups in total. The molecule has 0 atom stereocenters. The molecule has 158 valence electrons. The molecular weight excluding hydrogens is 386 g/mol. The van der Waals surface area contributed by atoms with Crippen molar-refractivity contribution in [1.82, 2.24) is 9.97 Å². The van der Waals surface area contributed by atoms with Gasteiger partial charge in [-0.15, -0.1) is 0 Å². The van der Waals surface area contributed by atoms with Crippen molar-refractivity contribution in [1.29, 1.82) is 5.26 Å². The number of nitrogens with one attached hydrogen (secondary N) is 1. The van der Waals surface area contributed by atoms with Crippen LogP contribution in [0.2, 0.25) is 0 Å². The van der Waals surface area contributed by atoms with E-state index >= 15 is 0 Å². The van der Waals surface area contributed by atoms with Gasteiger partial charge in [-0.05, 0) is 49.7 Å². The molecule has 6 heteroatoms. The molecule has 6 nitrogen and oxygen atoms in total. The molecule has 1 fully saturated rings. The van der Waals surface area contributed by atoms with Crippen LogP contribution >= 0.6 is 0 Å². The highest BCUT2D eigenvalue weighted by atomic mass is 16.5. The number of ether oxygens (including phenoxy) is 1. The molecule has 0 amide bonds. The fourth-order valence-electron chi connectivity index (χ4n) is 3.71. The minimum Gasteiger partial charge on any atom is -0.382 e. The first kappa shape index (κ1) is 20.8. The Morgan fingerprint density at radius 1 is 1.10 bits per heavy atom. The summed E-state index contributed by atoms with van der Waals surface area (Å²) in [5.41, 5.74) is 5.59. The summed E-state index contributed by atoms with van der Waals surface area (Å²) in [4.78, 5) is 11.5. The second-order valence-corrected chi connectivity index (χ2v) is 7.97. The largest absolute Gasteiger partial charge is 0.382 e. The average Bonchev–Trinajstić information content (AvgIpc) is 2.80. The van der Waals surface area contributed by atoms with E-state index in [2.05, 4.69) is 59.4 Å². The van der Waals surface area contributed by atoms with Crippen molar-refractivity contribution < 1.29 is 4.74 Å². The van der Waals surface area contributed by atoms with Gasteiger partial charge in [0.25, 0.3) is 0 Å². The average molecular weight is 414 g/mol. The number of hydrogen-bond acceptors (Lipinski definition) is 6. The van der Waals surface area contributed by atoms with E-state index in [0.717, 1.165) is 49.1 Å². The van der Waals surface area contributed by atoms with Crippen molar-refractivity contribution in [2.45, 2.75) is 26.3 Å². The van der Waals surface area contributed by atoms with Crippen molar-refractivity contribution in [3.63, 3.8) is 0 Å². The summed E-state index contributed by atoms with van der Waals surface area (Å²) >= 11 is 0. The van der Waals surface area contributed by atoms with E-state index in [4.69, 9.17) is 9.72 Å². The standard InChI is InChI=1S/C25H27N5O/c1-18(2)28-23-8-5-20(16-21(23)17-26)24-9-10-27-25(29-24)15-19-3-6-22(7-4-19)30-11-13-31-14-12-30/h3-10,16,18,28H,11-15H2,1-2H3. The van der Waals surface area contributed by atoms with E-state index in [0.29, 0.717) is 12.0 Å². The number of rotatable bonds is 6. The molecule has 0 bridgehead atoms. The molecule has 2 heterocycles. The topological polar surface area (TPSA) is 74.1 Å². The van der Waals surface area contributed by atoms with Crippen molar-refractivity contribution in [3.8, 4) is 17.3 Å². The Morgan fingerprint density at radius 3 is 2.58 bits per heavy atom. The molecule has 0 saturated carbocycles. The van der Waals surface area contributed by atoms with Gasteiger partial charge in [0, 0.05) is 43.0 Å². The van der Waals surface area contributed by atoms with E-state index in [1.807, 2.05) is 24.3 Å². The van der Waals surface area contributed by atoms with Crippen LogP contribution in [0.25, 0.3) is 11.3 Å². The van der Waals surface area contributed by atoms with Crippen molar-refractivity contribution in [2.75, 3.05) is 36.5 Å². The first-order valence-corrected chi connectivity index (χ1v) is 10.7. The summed E-state index contributed by atoms with van der Waals surface area (Å²) in [6, 6.07) is 18.8. The van der Waals surface area contributed by atoms with Crippen molar-refractivity contribution in [3.05, 3.63) is 71.7 Å². The van der Waals surface area contributed by atoms with E-state index in [1.165, 1.54) is 11.3 Å². The Labute approximate surface area is 183 Å². The number of benzene rings is 2. The number of aromatic nitrogens is 2. The van der Waals surface area contributed by atoms with Gasteiger partial charge in [-0.25, -0.2) is 9.97 Å². The molecule has 1 aromatic heterocycles. The van der Waals surface area contributed by atoms with Gasteiger partial charge in [0.1, 0.15) is 11.9 Å². The molecule has 0 unspecified atom stereocenters. The molecule has 2 aromatic carbocycles. The highest BCUT2D eigenvalue weighted by Gasteiger charge is 2.12. The summed E-state index contributed by atoms with van der Waals surface area (Å²) in [6.45, 7) is 7.54. The molecule has 1 aliphatic rings. The first-order valence-electron chi connectivity index (χ1n) is 10.7. The first-order chi connectivity index (χ1) is 15.1. The molecule has 4 rings (SSSR count). The van der Waals surface area contributed by atoms with Gasteiger partial charge < -0.3 is 15.0 Å². The van der Waals surface area contributed by atoms with Crippen LogP contribution in [-0.4, -0.2) is 42.3 Å². The molecule has 0 spiro atoms. The van der Waals surface area contributed by atoms with Crippen LogP contribution < -0.4 is 10.2 Å². The molecule has 3 aromatic rings. The third-order valence-corrected chi connectivity index (χ3v) is 5.26. The highest BCUT2D eigenvalue weighted by Crippen LogP contribution is 2.25. The van der Waals surface area contributed by atoms with E-state index in [-0.39, 0.29) is 6.04 Å². The maximum absolute atomic E-state index is 9.54. The lowest BCUT2D eigenvalue weighted by Gasteiger charge is -2.28. The minimum absolute atomic E-state index is 0.262. The molecule has 31 heavy (non-hydrogen) atoms. The van der Waals surface area contributed by atoms with Gasteiger partial charge in [-0.1, -0.05) is 18.2 Å². The van der Waals surface area contributed by atoms with E-state index in [9.17, 15) is 5.26 Å². The van der Waals surface area contributed by atoms with Gasteiger partial charge in [0.15, 0.2) is 0 Å². The van der Waals surface area contributed by atoms with Gasteiger partial charge in [0.05, 0.1) is 30.2 Å². The highest BCUT2D eigenvalue weighted by molar-refractivity contribution is 5.69. The van der Waals surface area contributed by atoms with Gasteiger partial charge >= 0.3 is 0 Å². The van der Waals surface area contributed by atoms with Crippen LogP contribution in [0.4, 0.5) is 11.4 Å². The van der Waals surface area contributed by atoms with Crippen LogP contribution in [-0.2, 0) is 11.2 Å². The molecular formula is C25H27N5O. The predicted octanol–water partition coefficient (Wildman–Crippen LogP) is 4.26. The number of nitriles is 1. The normalized spacial score (nSPS) is 13.8. The maximum atomic E-state index is 9.54. The maximum Gasteiger partial charge on any atom is 0.133 e. The van der Waals surface area contributed by atoms with Crippen LogP contribution in [0.15, 0.2) is 54.7 Å². The predicted molar refractivity (Wildman–Crippen MR) is 123 cm³/mol. The monoisotopic (exact) mass is 413 g/mol. The zero-order valence-corrected chi connectivity index (χ0v) is 18.0. The van der Waals surface area contributed by atoms with Gasteiger partial charge in [-0.3, -0.25) is 0 Å². The van der Waals surface area contributed by atoms with Crippen LogP contribution in [0.5, 0.6) is 0 Å². The summed E-state index contributed by atoms with van der Waals surface area (Å²) in [6.07, 6.45) is 2.45. The van der Waals surface area contributed by atoms with Crippen LogP contribution in [0.3, 0.4) is 0 Å². The second kappa shape index (κ2) is 9.59. The van der Waals surface area contributed by atoms with Crippen LogP contribution in [0.1, 0.15) is 30.8 Å². The van der Waals surface area contributed by atoms with E-state index < -0.39 is 0 Å². The molecule has 1 aliphatic heterocycles. The summed E-state index contributed by atoms with van der Waals surface area (Å²) in [5.74, 6) is 0.763.